The van der Waals surface area contributed by atoms with E-state index in [1.54, 1.807) is 13.2 Å². The van der Waals surface area contributed by atoms with Crippen LogP contribution in [0.2, 0.25) is 0 Å². The number of nitrogens with one attached hydrogen (secondary N) is 1. The number of phenolic OH excluding ortho intramolecular Hbond substituents is 1. The van der Waals surface area contributed by atoms with Gasteiger partial charge in [-0.05, 0) is 42.9 Å². The maximum Gasteiger partial charge on any atom is 0.160 e. The van der Waals surface area contributed by atoms with Gasteiger partial charge in [0.05, 0.1) is 7.11 Å². The zero-order valence-corrected chi connectivity index (χ0v) is 12.2. The summed E-state index contributed by atoms with van der Waals surface area (Å²) in [7, 11) is 1.58. The first-order valence-corrected chi connectivity index (χ1v) is 7.14. The highest BCUT2D eigenvalue weighted by Crippen LogP contribution is 2.37. The first-order valence-electron chi connectivity index (χ1n) is 7.14. The molecule has 0 saturated heterocycles. The molecule has 0 aliphatic heterocycles. The van der Waals surface area contributed by atoms with E-state index in [9.17, 15) is 5.11 Å². The Hall–Kier alpha value is -1.22. The van der Waals surface area contributed by atoms with E-state index in [-0.39, 0.29) is 11.8 Å². The second kappa shape index (κ2) is 5.83. The Labute approximate surface area is 116 Å². The van der Waals surface area contributed by atoms with E-state index < -0.39 is 0 Å². The van der Waals surface area contributed by atoms with E-state index in [4.69, 9.17) is 4.74 Å². The number of rotatable bonds is 5. The molecule has 0 radical (unpaired) electrons. The first kappa shape index (κ1) is 14.2. The lowest BCUT2D eigenvalue weighted by atomic mass is 9.88. The molecule has 106 valence electrons. The van der Waals surface area contributed by atoms with Crippen molar-refractivity contribution >= 4 is 0 Å². The Balaban J connectivity index is 1.97. The fourth-order valence-electron chi connectivity index (χ4n) is 2.89. The highest BCUT2D eigenvalue weighted by Gasteiger charge is 2.28. The quantitative estimate of drug-likeness (QED) is 0.852. The second-order valence-electron chi connectivity index (χ2n) is 6.05. The Kier molecular flexibility index (Phi) is 4.35. The van der Waals surface area contributed by atoms with Gasteiger partial charge in [0.15, 0.2) is 11.5 Å². The van der Waals surface area contributed by atoms with Crippen LogP contribution >= 0.6 is 0 Å². The number of aromatic hydroxyl groups is 1. The molecule has 1 fully saturated rings. The lowest BCUT2D eigenvalue weighted by Crippen LogP contribution is -2.31. The molecule has 1 aromatic carbocycles. The van der Waals surface area contributed by atoms with Crippen molar-refractivity contribution in [2.24, 2.45) is 5.41 Å². The zero-order valence-electron chi connectivity index (χ0n) is 12.2. The molecular formula is C16H25NO2. The minimum absolute atomic E-state index is 0.196. The van der Waals surface area contributed by atoms with Crippen molar-refractivity contribution in [2.45, 2.75) is 45.6 Å². The van der Waals surface area contributed by atoms with Crippen LogP contribution in [-0.2, 0) is 0 Å². The van der Waals surface area contributed by atoms with Gasteiger partial charge in [0.1, 0.15) is 0 Å². The minimum Gasteiger partial charge on any atom is -0.504 e. The molecule has 0 amide bonds. The summed E-state index contributed by atoms with van der Waals surface area (Å²) in [5.41, 5.74) is 1.60. The molecule has 1 aromatic rings. The molecule has 19 heavy (non-hydrogen) atoms. The van der Waals surface area contributed by atoms with Crippen molar-refractivity contribution in [2.75, 3.05) is 13.7 Å². The van der Waals surface area contributed by atoms with Crippen molar-refractivity contribution in [1.29, 1.82) is 0 Å². The lowest BCUT2D eigenvalue weighted by molar-refractivity contribution is 0.301. The Morgan fingerprint density at radius 3 is 2.68 bits per heavy atom. The van der Waals surface area contributed by atoms with Crippen molar-refractivity contribution in [3.63, 3.8) is 0 Å². The summed E-state index contributed by atoms with van der Waals surface area (Å²) >= 11 is 0. The fraction of sp³-hybridized carbons (Fsp3) is 0.625. The number of phenols is 1. The normalized spacial score (nSPS) is 19.3. The topological polar surface area (TPSA) is 41.5 Å². The van der Waals surface area contributed by atoms with Gasteiger partial charge < -0.3 is 15.2 Å². The van der Waals surface area contributed by atoms with Gasteiger partial charge in [0.25, 0.3) is 0 Å². The van der Waals surface area contributed by atoms with Crippen LogP contribution in [0.4, 0.5) is 0 Å². The fourth-order valence-corrected chi connectivity index (χ4v) is 2.89. The standard InChI is InChI=1S/C16H25NO2/c1-12(17-11-16(2)8-4-5-9-16)13-6-7-14(18)15(10-13)19-3/h6-7,10,12,17-18H,4-5,8-9,11H2,1-3H3. The average Bonchev–Trinajstić information content (AvgIpc) is 2.84. The Bertz CT molecular complexity index is 425. The molecule has 1 atom stereocenters. The number of benzene rings is 1. The van der Waals surface area contributed by atoms with Crippen molar-refractivity contribution in [3.05, 3.63) is 23.8 Å². The predicted molar refractivity (Wildman–Crippen MR) is 77.7 cm³/mol. The number of hydrogen-bond acceptors (Lipinski definition) is 3. The molecule has 0 aromatic heterocycles. The average molecular weight is 263 g/mol. The number of methoxy groups -OCH3 is 1. The largest absolute Gasteiger partial charge is 0.504 e. The monoisotopic (exact) mass is 263 g/mol. The maximum atomic E-state index is 9.61. The Morgan fingerprint density at radius 2 is 2.05 bits per heavy atom. The van der Waals surface area contributed by atoms with Crippen LogP contribution < -0.4 is 10.1 Å². The van der Waals surface area contributed by atoms with E-state index in [0.717, 1.165) is 12.1 Å². The summed E-state index contributed by atoms with van der Waals surface area (Å²) < 4.78 is 5.16. The van der Waals surface area contributed by atoms with E-state index in [1.807, 2.05) is 12.1 Å². The molecule has 2 N–H and O–H groups in total. The van der Waals surface area contributed by atoms with Crippen LogP contribution in [0.3, 0.4) is 0 Å². The molecule has 1 unspecified atom stereocenters. The van der Waals surface area contributed by atoms with E-state index in [1.165, 1.54) is 25.7 Å². The summed E-state index contributed by atoms with van der Waals surface area (Å²) in [6, 6.07) is 5.83. The minimum atomic E-state index is 0.196. The van der Waals surface area contributed by atoms with Gasteiger partial charge >= 0.3 is 0 Å². The first-order chi connectivity index (χ1) is 9.04. The van der Waals surface area contributed by atoms with Gasteiger partial charge in [0, 0.05) is 12.6 Å². The van der Waals surface area contributed by atoms with Gasteiger partial charge in [-0.15, -0.1) is 0 Å². The van der Waals surface area contributed by atoms with Gasteiger partial charge in [0.2, 0.25) is 0 Å². The smallest absolute Gasteiger partial charge is 0.160 e. The molecule has 2 rings (SSSR count). The summed E-state index contributed by atoms with van der Waals surface area (Å²) in [5.74, 6) is 0.736. The molecule has 0 bridgehead atoms. The van der Waals surface area contributed by atoms with Gasteiger partial charge in [-0.25, -0.2) is 0 Å². The number of ether oxygens (including phenoxy) is 1. The summed E-state index contributed by atoms with van der Waals surface area (Å²) in [6.07, 6.45) is 5.37. The molecule has 1 aliphatic carbocycles. The van der Waals surface area contributed by atoms with Gasteiger partial charge in [-0.3, -0.25) is 0 Å². The van der Waals surface area contributed by atoms with E-state index >= 15 is 0 Å². The third-order valence-electron chi connectivity index (χ3n) is 4.35. The highest BCUT2D eigenvalue weighted by molar-refractivity contribution is 5.42. The van der Waals surface area contributed by atoms with Gasteiger partial charge in [-0.2, -0.15) is 0 Å². The SMILES string of the molecule is COc1cc(C(C)NCC2(C)CCCC2)ccc1O. The van der Waals surface area contributed by atoms with Crippen LogP contribution in [0.15, 0.2) is 18.2 Å². The van der Waals surface area contributed by atoms with E-state index in [2.05, 4.69) is 19.2 Å². The van der Waals surface area contributed by atoms with Crippen molar-refractivity contribution in [1.82, 2.24) is 5.32 Å². The van der Waals surface area contributed by atoms with Crippen molar-refractivity contribution in [3.8, 4) is 11.5 Å². The predicted octanol–water partition coefficient (Wildman–Crippen LogP) is 3.63. The molecule has 0 spiro atoms. The summed E-state index contributed by atoms with van der Waals surface area (Å²) in [4.78, 5) is 0. The molecule has 1 aliphatic rings. The van der Waals surface area contributed by atoms with Crippen LogP contribution in [0.5, 0.6) is 11.5 Å². The van der Waals surface area contributed by atoms with Crippen LogP contribution in [0.1, 0.15) is 51.1 Å². The van der Waals surface area contributed by atoms with Crippen LogP contribution in [0.25, 0.3) is 0 Å². The van der Waals surface area contributed by atoms with Crippen molar-refractivity contribution < 1.29 is 9.84 Å². The maximum absolute atomic E-state index is 9.61. The lowest BCUT2D eigenvalue weighted by Gasteiger charge is -2.26. The van der Waals surface area contributed by atoms with Crippen LogP contribution in [-0.4, -0.2) is 18.8 Å². The zero-order chi connectivity index (χ0) is 13.9. The molecule has 3 heteroatoms. The molecule has 3 nitrogen and oxygen atoms in total. The molecule has 1 saturated carbocycles. The third-order valence-corrected chi connectivity index (χ3v) is 4.35. The Morgan fingerprint density at radius 1 is 1.37 bits per heavy atom. The van der Waals surface area contributed by atoms with E-state index in [0.29, 0.717) is 11.2 Å². The summed E-state index contributed by atoms with van der Waals surface area (Å²) in [6.45, 7) is 5.58. The molecule has 0 heterocycles. The molecular weight excluding hydrogens is 238 g/mol. The number of hydrogen-bond donors (Lipinski definition) is 2. The van der Waals surface area contributed by atoms with Crippen LogP contribution in [0, 0.1) is 5.41 Å². The highest BCUT2D eigenvalue weighted by atomic mass is 16.5. The van der Waals surface area contributed by atoms with Gasteiger partial charge in [-0.1, -0.05) is 25.8 Å². The summed E-state index contributed by atoms with van der Waals surface area (Å²) in [5, 5.41) is 13.2. The third kappa shape index (κ3) is 3.41. The second-order valence-corrected chi connectivity index (χ2v) is 6.05.